The molecule has 1 heterocycles. The molecule has 1 aromatic carbocycles. The Morgan fingerprint density at radius 2 is 1.94 bits per heavy atom. The summed E-state index contributed by atoms with van der Waals surface area (Å²) in [4.78, 5) is 4.39. The van der Waals surface area contributed by atoms with Gasteiger partial charge in [-0.25, -0.2) is 0 Å². The molecular formula is C15H16N2O. The first-order valence-electron chi connectivity index (χ1n) is 6.21. The van der Waals surface area contributed by atoms with Gasteiger partial charge < -0.3 is 10.5 Å². The summed E-state index contributed by atoms with van der Waals surface area (Å²) in [6.45, 7) is 1.99. The number of benzene rings is 1. The molecule has 0 aliphatic heterocycles. The molecule has 0 spiro atoms. The van der Waals surface area contributed by atoms with E-state index >= 15 is 0 Å². The zero-order valence-corrected chi connectivity index (χ0v) is 10.4. The number of aryl methyl sites for hydroxylation is 1. The van der Waals surface area contributed by atoms with Gasteiger partial charge in [0.2, 0.25) is 0 Å². The van der Waals surface area contributed by atoms with Crippen molar-refractivity contribution >= 4 is 5.69 Å². The Balaban J connectivity index is 1.86. The van der Waals surface area contributed by atoms with E-state index in [4.69, 9.17) is 10.5 Å². The summed E-state index contributed by atoms with van der Waals surface area (Å²) < 4.78 is 5.71. The summed E-state index contributed by atoms with van der Waals surface area (Å²) in [7, 11) is 0. The van der Waals surface area contributed by atoms with Gasteiger partial charge in [0.05, 0.1) is 17.5 Å². The molecule has 1 aliphatic carbocycles. The molecule has 0 atom stereocenters. The number of aromatic nitrogens is 1. The van der Waals surface area contributed by atoms with Gasteiger partial charge in [-0.3, -0.25) is 4.98 Å². The molecule has 92 valence electrons. The van der Waals surface area contributed by atoms with E-state index < -0.39 is 0 Å². The van der Waals surface area contributed by atoms with Crippen LogP contribution < -0.4 is 10.5 Å². The van der Waals surface area contributed by atoms with E-state index in [1.54, 1.807) is 0 Å². The van der Waals surface area contributed by atoms with E-state index in [0.717, 1.165) is 22.6 Å². The van der Waals surface area contributed by atoms with E-state index in [2.05, 4.69) is 4.98 Å². The van der Waals surface area contributed by atoms with Crippen molar-refractivity contribution < 1.29 is 4.74 Å². The Morgan fingerprint density at radius 1 is 1.22 bits per heavy atom. The van der Waals surface area contributed by atoms with Gasteiger partial charge >= 0.3 is 0 Å². The maximum atomic E-state index is 5.99. The average molecular weight is 240 g/mol. The quantitative estimate of drug-likeness (QED) is 0.896. The lowest BCUT2D eigenvalue weighted by molar-refractivity contribution is 0.303. The minimum atomic E-state index is 0.429. The highest BCUT2D eigenvalue weighted by Gasteiger charge is 2.23. The van der Waals surface area contributed by atoms with Gasteiger partial charge in [-0.1, -0.05) is 0 Å². The lowest BCUT2D eigenvalue weighted by Crippen LogP contribution is -1.96. The molecule has 0 saturated heterocycles. The monoisotopic (exact) mass is 240 g/mol. The minimum absolute atomic E-state index is 0.429. The van der Waals surface area contributed by atoms with Crippen molar-refractivity contribution in [2.75, 3.05) is 5.73 Å². The van der Waals surface area contributed by atoms with E-state index in [1.807, 2.05) is 43.5 Å². The third-order valence-electron chi connectivity index (χ3n) is 3.01. The van der Waals surface area contributed by atoms with Crippen molar-refractivity contribution in [2.45, 2.75) is 25.9 Å². The lowest BCUT2D eigenvalue weighted by atomic mass is 10.1. The van der Waals surface area contributed by atoms with Crippen molar-refractivity contribution in [2.24, 2.45) is 0 Å². The third kappa shape index (κ3) is 2.30. The van der Waals surface area contributed by atoms with Crippen molar-refractivity contribution in [1.82, 2.24) is 4.98 Å². The first-order valence-corrected chi connectivity index (χ1v) is 6.21. The maximum absolute atomic E-state index is 5.99. The third-order valence-corrected chi connectivity index (χ3v) is 3.01. The number of nitrogens with zero attached hydrogens (tertiary/aromatic N) is 1. The summed E-state index contributed by atoms with van der Waals surface area (Å²) in [6.07, 6.45) is 4.61. The van der Waals surface area contributed by atoms with Crippen molar-refractivity contribution in [1.29, 1.82) is 0 Å². The smallest absolute Gasteiger partial charge is 0.119 e. The van der Waals surface area contributed by atoms with Crippen LogP contribution in [0.1, 0.15) is 18.4 Å². The number of pyridine rings is 1. The molecule has 1 saturated carbocycles. The summed E-state index contributed by atoms with van der Waals surface area (Å²) in [5.41, 5.74) is 9.63. The second kappa shape index (κ2) is 4.33. The number of nitrogen functional groups attached to an aromatic ring is 1. The molecule has 1 fully saturated rings. The standard InChI is InChI=1S/C15H16N2O/c1-10-8-14(16)15(17-9-10)11-2-4-12(5-3-11)18-13-6-7-13/h2-5,8-9,13H,6-7,16H2,1H3. The SMILES string of the molecule is Cc1cnc(-c2ccc(OC3CC3)cc2)c(N)c1. The first-order chi connectivity index (χ1) is 8.72. The molecule has 0 unspecified atom stereocenters. The largest absolute Gasteiger partial charge is 0.490 e. The van der Waals surface area contributed by atoms with Gasteiger partial charge in [0.15, 0.2) is 0 Å². The molecular weight excluding hydrogens is 224 g/mol. The minimum Gasteiger partial charge on any atom is -0.490 e. The van der Waals surface area contributed by atoms with E-state index in [9.17, 15) is 0 Å². The fourth-order valence-corrected chi connectivity index (χ4v) is 1.90. The molecule has 3 nitrogen and oxygen atoms in total. The Hall–Kier alpha value is -2.03. The molecule has 1 aliphatic rings. The average Bonchev–Trinajstić information content (AvgIpc) is 3.15. The van der Waals surface area contributed by atoms with Gasteiger partial charge in [0.25, 0.3) is 0 Å². The van der Waals surface area contributed by atoms with Crippen LogP contribution in [0.5, 0.6) is 5.75 Å². The van der Waals surface area contributed by atoms with Crippen molar-refractivity contribution in [3.05, 3.63) is 42.1 Å². The van der Waals surface area contributed by atoms with E-state index in [1.165, 1.54) is 12.8 Å². The van der Waals surface area contributed by atoms with Crippen LogP contribution in [-0.4, -0.2) is 11.1 Å². The molecule has 3 rings (SSSR count). The lowest BCUT2D eigenvalue weighted by Gasteiger charge is -2.08. The van der Waals surface area contributed by atoms with Gasteiger partial charge in [0.1, 0.15) is 5.75 Å². The molecule has 2 aromatic rings. The number of nitrogens with two attached hydrogens (primary N) is 1. The molecule has 0 radical (unpaired) electrons. The van der Waals surface area contributed by atoms with Crippen LogP contribution >= 0.6 is 0 Å². The Bertz CT molecular complexity index is 559. The van der Waals surface area contributed by atoms with Gasteiger partial charge in [-0.05, 0) is 55.7 Å². The number of rotatable bonds is 3. The zero-order valence-electron chi connectivity index (χ0n) is 10.4. The zero-order chi connectivity index (χ0) is 12.5. The second-order valence-corrected chi connectivity index (χ2v) is 4.79. The Kier molecular flexibility index (Phi) is 2.67. The normalized spacial score (nSPS) is 14.5. The first kappa shape index (κ1) is 11.1. The Labute approximate surface area is 107 Å². The van der Waals surface area contributed by atoms with Gasteiger partial charge in [0, 0.05) is 11.8 Å². The number of hydrogen-bond donors (Lipinski definition) is 1. The van der Waals surface area contributed by atoms with Gasteiger partial charge in [-0.2, -0.15) is 0 Å². The highest BCUT2D eigenvalue weighted by molar-refractivity contribution is 5.73. The van der Waals surface area contributed by atoms with Crippen LogP contribution in [0.2, 0.25) is 0 Å². The van der Waals surface area contributed by atoms with E-state index in [-0.39, 0.29) is 0 Å². The summed E-state index contributed by atoms with van der Waals surface area (Å²) in [5, 5.41) is 0. The predicted octanol–water partition coefficient (Wildman–Crippen LogP) is 3.18. The summed E-state index contributed by atoms with van der Waals surface area (Å²) in [6, 6.07) is 9.91. The van der Waals surface area contributed by atoms with Crippen molar-refractivity contribution in [3.63, 3.8) is 0 Å². The molecule has 18 heavy (non-hydrogen) atoms. The fraction of sp³-hybridized carbons (Fsp3) is 0.267. The number of ether oxygens (including phenoxy) is 1. The highest BCUT2D eigenvalue weighted by Crippen LogP contribution is 2.29. The predicted molar refractivity (Wildman–Crippen MR) is 72.5 cm³/mol. The van der Waals surface area contributed by atoms with Crippen molar-refractivity contribution in [3.8, 4) is 17.0 Å². The topological polar surface area (TPSA) is 48.1 Å². The van der Waals surface area contributed by atoms with Gasteiger partial charge in [-0.15, -0.1) is 0 Å². The molecule has 1 aromatic heterocycles. The molecule has 0 bridgehead atoms. The summed E-state index contributed by atoms with van der Waals surface area (Å²) >= 11 is 0. The van der Waals surface area contributed by atoms with Crippen LogP contribution in [0.4, 0.5) is 5.69 Å². The summed E-state index contributed by atoms with van der Waals surface area (Å²) in [5.74, 6) is 0.923. The van der Waals surface area contributed by atoms with Crippen LogP contribution in [0.25, 0.3) is 11.3 Å². The van der Waals surface area contributed by atoms with E-state index in [0.29, 0.717) is 11.8 Å². The maximum Gasteiger partial charge on any atom is 0.119 e. The number of hydrogen-bond acceptors (Lipinski definition) is 3. The van der Waals surface area contributed by atoms with Crippen LogP contribution in [0.3, 0.4) is 0 Å². The molecule has 3 heteroatoms. The Morgan fingerprint density at radius 3 is 2.56 bits per heavy atom. The highest BCUT2D eigenvalue weighted by atomic mass is 16.5. The second-order valence-electron chi connectivity index (χ2n) is 4.79. The molecule has 0 amide bonds. The fourth-order valence-electron chi connectivity index (χ4n) is 1.90. The van der Waals surface area contributed by atoms with Crippen LogP contribution in [0, 0.1) is 6.92 Å². The van der Waals surface area contributed by atoms with Crippen LogP contribution in [-0.2, 0) is 0 Å². The number of anilines is 1. The van der Waals surface area contributed by atoms with Crippen LogP contribution in [0.15, 0.2) is 36.5 Å². The molecule has 2 N–H and O–H groups in total.